The average Bonchev–Trinajstić information content (AvgIpc) is 3.11. The molecular formula is C15H21N3O3S2. The molecule has 1 aliphatic rings. The molecule has 23 heavy (non-hydrogen) atoms. The lowest BCUT2D eigenvalue weighted by Crippen LogP contribution is -2.45. The topological polar surface area (TPSA) is 81.5 Å². The van der Waals surface area contributed by atoms with E-state index in [1.165, 1.54) is 0 Å². The molecule has 0 bridgehead atoms. The van der Waals surface area contributed by atoms with Crippen LogP contribution in [-0.4, -0.2) is 61.8 Å². The van der Waals surface area contributed by atoms with Gasteiger partial charge in [0.05, 0.1) is 30.7 Å². The number of likely N-dealkylation sites (N-methyl/N-ethyl adjacent to an activating group) is 1. The zero-order chi connectivity index (χ0) is 16.9. The highest BCUT2D eigenvalue weighted by Crippen LogP contribution is 2.22. The summed E-state index contributed by atoms with van der Waals surface area (Å²) in [7, 11) is -1.25. The number of sulfone groups is 1. The molecule has 1 aromatic heterocycles. The van der Waals surface area contributed by atoms with E-state index in [1.54, 1.807) is 28.2 Å². The third-order valence-electron chi connectivity index (χ3n) is 3.89. The van der Waals surface area contributed by atoms with E-state index in [0.29, 0.717) is 25.9 Å². The molecule has 0 aliphatic carbocycles. The van der Waals surface area contributed by atoms with E-state index in [9.17, 15) is 13.2 Å². The molecule has 0 N–H and O–H groups in total. The fourth-order valence-corrected chi connectivity index (χ4v) is 5.09. The van der Waals surface area contributed by atoms with E-state index in [1.807, 2.05) is 17.5 Å². The van der Waals surface area contributed by atoms with Gasteiger partial charge in [0.2, 0.25) is 5.91 Å². The number of rotatable bonds is 7. The second-order valence-corrected chi connectivity index (χ2v) is 9.06. The molecule has 1 aliphatic heterocycles. The molecule has 1 aromatic rings. The van der Waals surface area contributed by atoms with Crippen LogP contribution in [-0.2, 0) is 21.2 Å². The van der Waals surface area contributed by atoms with Crippen LogP contribution in [0.1, 0.15) is 17.7 Å². The van der Waals surface area contributed by atoms with Gasteiger partial charge in [0.25, 0.3) is 0 Å². The number of nitriles is 1. The molecular weight excluding hydrogens is 334 g/mol. The fraction of sp³-hybridized carbons (Fsp3) is 0.600. The van der Waals surface area contributed by atoms with Crippen molar-refractivity contribution in [1.82, 2.24) is 9.80 Å². The van der Waals surface area contributed by atoms with Crippen LogP contribution in [0.2, 0.25) is 0 Å². The summed E-state index contributed by atoms with van der Waals surface area (Å²) in [6.45, 7) is 1.17. The van der Waals surface area contributed by atoms with Crippen molar-refractivity contribution in [2.75, 3.05) is 31.6 Å². The van der Waals surface area contributed by atoms with Gasteiger partial charge in [-0.05, 0) is 24.9 Å². The SMILES string of the molecule is CN(CCC#N)CC(=O)N(Cc1cccs1)C1CCS(=O)(=O)C1. The molecule has 8 heteroatoms. The predicted octanol–water partition coefficient (Wildman–Crippen LogP) is 1.11. The molecule has 0 saturated carbocycles. The minimum Gasteiger partial charge on any atom is -0.332 e. The molecule has 0 spiro atoms. The van der Waals surface area contributed by atoms with Gasteiger partial charge in [-0.25, -0.2) is 8.42 Å². The summed E-state index contributed by atoms with van der Waals surface area (Å²) in [4.78, 5) is 17.2. The highest BCUT2D eigenvalue weighted by atomic mass is 32.2. The van der Waals surface area contributed by atoms with E-state index in [2.05, 4.69) is 6.07 Å². The standard InChI is InChI=1S/C15H21N3O3S2/c1-17(7-3-6-16)11-15(19)18(10-14-4-2-8-22-14)13-5-9-23(20,21)12-13/h2,4,8,13H,3,5,7,9-12H2,1H3. The van der Waals surface area contributed by atoms with Gasteiger partial charge >= 0.3 is 0 Å². The number of nitrogens with zero attached hydrogens (tertiary/aromatic N) is 3. The summed E-state index contributed by atoms with van der Waals surface area (Å²) in [6.07, 6.45) is 0.869. The Labute approximate surface area is 141 Å². The average molecular weight is 355 g/mol. The number of carbonyl (C=O) groups excluding carboxylic acids is 1. The van der Waals surface area contributed by atoms with Crippen molar-refractivity contribution in [3.63, 3.8) is 0 Å². The smallest absolute Gasteiger partial charge is 0.237 e. The van der Waals surface area contributed by atoms with Crippen molar-refractivity contribution in [1.29, 1.82) is 5.26 Å². The molecule has 1 saturated heterocycles. The Kier molecular flexibility index (Phi) is 6.16. The first-order valence-electron chi connectivity index (χ1n) is 7.49. The van der Waals surface area contributed by atoms with Crippen LogP contribution in [0.25, 0.3) is 0 Å². The predicted molar refractivity (Wildman–Crippen MR) is 89.7 cm³/mol. The largest absolute Gasteiger partial charge is 0.332 e. The van der Waals surface area contributed by atoms with Crippen LogP contribution < -0.4 is 0 Å². The monoisotopic (exact) mass is 355 g/mol. The minimum absolute atomic E-state index is 0.0476. The molecule has 1 amide bonds. The first kappa shape index (κ1) is 17.9. The molecule has 1 unspecified atom stereocenters. The van der Waals surface area contributed by atoms with Crippen LogP contribution in [0.3, 0.4) is 0 Å². The first-order chi connectivity index (χ1) is 10.9. The van der Waals surface area contributed by atoms with Gasteiger partial charge in [-0.1, -0.05) is 6.07 Å². The fourth-order valence-electron chi connectivity index (χ4n) is 2.65. The molecule has 126 valence electrons. The summed E-state index contributed by atoms with van der Waals surface area (Å²) < 4.78 is 23.5. The van der Waals surface area contributed by atoms with Crippen LogP contribution in [0.15, 0.2) is 17.5 Å². The number of hydrogen-bond acceptors (Lipinski definition) is 6. The van der Waals surface area contributed by atoms with Gasteiger partial charge in [-0.2, -0.15) is 5.26 Å². The Morgan fingerprint density at radius 1 is 1.52 bits per heavy atom. The van der Waals surface area contributed by atoms with Crippen molar-refractivity contribution >= 4 is 27.1 Å². The van der Waals surface area contributed by atoms with Crippen LogP contribution in [0, 0.1) is 11.3 Å². The Morgan fingerprint density at radius 2 is 2.30 bits per heavy atom. The van der Waals surface area contributed by atoms with Crippen LogP contribution in [0.5, 0.6) is 0 Å². The minimum atomic E-state index is -3.04. The third kappa shape index (κ3) is 5.30. The van der Waals surface area contributed by atoms with Crippen molar-refractivity contribution < 1.29 is 13.2 Å². The number of amides is 1. The second kappa shape index (κ2) is 7.90. The normalized spacial score (nSPS) is 19.6. The Bertz CT molecular complexity index is 665. The van der Waals surface area contributed by atoms with Gasteiger partial charge in [-0.15, -0.1) is 11.3 Å². The van der Waals surface area contributed by atoms with Gasteiger partial charge in [0.1, 0.15) is 0 Å². The second-order valence-electron chi connectivity index (χ2n) is 5.80. The molecule has 2 heterocycles. The number of hydrogen-bond donors (Lipinski definition) is 0. The van der Waals surface area contributed by atoms with E-state index in [0.717, 1.165) is 4.88 Å². The summed E-state index contributed by atoms with van der Waals surface area (Å²) in [5.41, 5.74) is 0. The molecule has 0 radical (unpaired) electrons. The molecule has 1 atom stereocenters. The third-order valence-corrected chi connectivity index (χ3v) is 6.50. The molecule has 0 aromatic carbocycles. The van der Waals surface area contributed by atoms with Crippen LogP contribution >= 0.6 is 11.3 Å². The highest BCUT2D eigenvalue weighted by molar-refractivity contribution is 7.91. The summed E-state index contributed by atoms with van der Waals surface area (Å²) in [6, 6.07) is 5.68. The Balaban J connectivity index is 2.06. The Hall–Kier alpha value is -1.43. The zero-order valence-corrected chi connectivity index (χ0v) is 14.8. The lowest BCUT2D eigenvalue weighted by molar-refractivity contribution is -0.134. The van der Waals surface area contributed by atoms with E-state index >= 15 is 0 Å². The molecule has 2 rings (SSSR count). The summed E-state index contributed by atoms with van der Waals surface area (Å²) >= 11 is 1.56. The quantitative estimate of drug-likeness (QED) is 0.732. The van der Waals surface area contributed by atoms with Crippen LogP contribution in [0.4, 0.5) is 0 Å². The zero-order valence-electron chi connectivity index (χ0n) is 13.1. The lowest BCUT2D eigenvalue weighted by atomic mass is 10.2. The van der Waals surface area contributed by atoms with Gasteiger partial charge in [0, 0.05) is 23.9 Å². The number of thiophene rings is 1. The first-order valence-corrected chi connectivity index (χ1v) is 10.2. The maximum absolute atomic E-state index is 12.7. The van der Waals surface area contributed by atoms with Crippen molar-refractivity contribution in [2.45, 2.75) is 25.4 Å². The van der Waals surface area contributed by atoms with Gasteiger partial charge in [0.15, 0.2) is 9.84 Å². The van der Waals surface area contributed by atoms with E-state index in [4.69, 9.17) is 5.26 Å². The lowest BCUT2D eigenvalue weighted by Gasteiger charge is -2.29. The number of carbonyl (C=O) groups is 1. The highest BCUT2D eigenvalue weighted by Gasteiger charge is 2.34. The molecule has 6 nitrogen and oxygen atoms in total. The van der Waals surface area contributed by atoms with Gasteiger partial charge in [-0.3, -0.25) is 9.69 Å². The van der Waals surface area contributed by atoms with Gasteiger partial charge < -0.3 is 4.90 Å². The maximum Gasteiger partial charge on any atom is 0.237 e. The summed E-state index contributed by atoms with van der Waals surface area (Å²) in [5, 5.41) is 10.6. The Morgan fingerprint density at radius 3 is 2.87 bits per heavy atom. The summed E-state index contributed by atoms with van der Waals surface area (Å²) in [5.74, 6) is 0.114. The maximum atomic E-state index is 12.7. The van der Waals surface area contributed by atoms with Crippen molar-refractivity contribution in [3.05, 3.63) is 22.4 Å². The van der Waals surface area contributed by atoms with Crippen molar-refractivity contribution in [2.24, 2.45) is 0 Å². The molecule has 1 fully saturated rings. The van der Waals surface area contributed by atoms with E-state index < -0.39 is 9.84 Å². The van der Waals surface area contributed by atoms with Crippen molar-refractivity contribution in [3.8, 4) is 6.07 Å². The van der Waals surface area contributed by atoms with E-state index in [-0.39, 0.29) is 30.0 Å².